The molecule has 2 fully saturated rings. The van der Waals surface area contributed by atoms with E-state index in [1.165, 1.54) is 19.3 Å². The first-order chi connectivity index (χ1) is 10.7. The van der Waals surface area contributed by atoms with E-state index in [0.29, 0.717) is 11.8 Å². The zero-order chi connectivity index (χ0) is 15.0. The molecule has 0 radical (unpaired) electrons. The van der Waals surface area contributed by atoms with E-state index in [4.69, 9.17) is 0 Å². The number of rotatable bonds is 2. The SMILES string of the molecule is CCc1ccccc1-n1c(O)c2c(c1O)[C@@H]1CC[C@H]2[C@H]2C[C@H]21. The second-order valence-electron chi connectivity index (χ2n) is 7.15. The molecular weight excluding hydrogens is 274 g/mol. The number of nitrogens with zero attached hydrogens (tertiary/aromatic N) is 1. The highest BCUT2D eigenvalue weighted by molar-refractivity contribution is 5.60. The fourth-order valence-corrected chi connectivity index (χ4v) is 5.23. The molecule has 0 unspecified atom stereocenters. The number of fused-ring (bicyclic) bond motifs is 1. The first-order valence-electron chi connectivity index (χ1n) is 8.47. The summed E-state index contributed by atoms with van der Waals surface area (Å²) in [5.41, 5.74) is 4.18. The minimum atomic E-state index is 0.286. The number of hydrogen-bond donors (Lipinski definition) is 2. The van der Waals surface area contributed by atoms with Crippen LogP contribution in [0.25, 0.3) is 5.69 Å². The van der Waals surface area contributed by atoms with Gasteiger partial charge in [-0.15, -0.1) is 0 Å². The molecule has 3 heteroatoms. The van der Waals surface area contributed by atoms with Gasteiger partial charge in [0.05, 0.1) is 5.69 Å². The van der Waals surface area contributed by atoms with Crippen molar-refractivity contribution in [3.63, 3.8) is 0 Å². The van der Waals surface area contributed by atoms with Gasteiger partial charge in [0.1, 0.15) is 0 Å². The van der Waals surface area contributed by atoms with Crippen LogP contribution in [0.3, 0.4) is 0 Å². The highest BCUT2D eigenvalue weighted by atomic mass is 16.3. The maximum atomic E-state index is 10.9. The van der Waals surface area contributed by atoms with Gasteiger partial charge in [-0.25, -0.2) is 0 Å². The van der Waals surface area contributed by atoms with Crippen molar-refractivity contribution >= 4 is 0 Å². The van der Waals surface area contributed by atoms with E-state index in [1.807, 2.05) is 18.2 Å². The van der Waals surface area contributed by atoms with Crippen LogP contribution >= 0.6 is 0 Å². The topological polar surface area (TPSA) is 45.4 Å². The number of aryl methyl sites for hydroxylation is 1. The molecule has 1 heterocycles. The van der Waals surface area contributed by atoms with E-state index in [1.54, 1.807) is 4.57 Å². The quantitative estimate of drug-likeness (QED) is 0.877. The fourth-order valence-electron chi connectivity index (χ4n) is 5.23. The normalized spacial score (nSPS) is 31.0. The molecule has 1 aromatic heterocycles. The van der Waals surface area contributed by atoms with Gasteiger partial charge in [0.2, 0.25) is 11.8 Å². The molecule has 2 saturated carbocycles. The van der Waals surface area contributed by atoms with Crippen molar-refractivity contribution in [2.24, 2.45) is 11.8 Å². The van der Waals surface area contributed by atoms with Gasteiger partial charge in [0.25, 0.3) is 0 Å². The summed E-state index contributed by atoms with van der Waals surface area (Å²) in [5.74, 6) is 3.02. The van der Waals surface area contributed by atoms with Crippen LogP contribution in [0.4, 0.5) is 0 Å². The molecule has 6 rings (SSSR count). The van der Waals surface area contributed by atoms with Crippen LogP contribution in [0, 0.1) is 11.8 Å². The molecule has 3 nitrogen and oxygen atoms in total. The minimum absolute atomic E-state index is 0.286. The van der Waals surface area contributed by atoms with Crippen LogP contribution in [-0.4, -0.2) is 14.8 Å². The Morgan fingerprint density at radius 3 is 2.18 bits per heavy atom. The zero-order valence-electron chi connectivity index (χ0n) is 12.8. The van der Waals surface area contributed by atoms with Gasteiger partial charge in [-0.3, -0.25) is 4.57 Å². The van der Waals surface area contributed by atoms with Gasteiger partial charge in [0, 0.05) is 11.1 Å². The Kier molecular flexibility index (Phi) is 2.35. The zero-order valence-corrected chi connectivity index (χ0v) is 12.8. The highest BCUT2D eigenvalue weighted by Gasteiger charge is 2.58. The third-order valence-electron chi connectivity index (χ3n) is 6.26. The average molecular weight is 295 g/mol. The predicted molar refractivity (Wildman–Crippen MR) is 84.8 cm³/mol. The average Bonchev–Trinajstić information content (AvgIpc) is 3.32. The molecule has 114 valence electrons. The number of aromatic nitrogens is 1. The Bertz CT molecular complexity index is 736. The van der Waals surface area contributed by atoms with E-state index in [9.17, 15) is 10.2 Å². The lowest BCUT2D eigenvalue weighted by Crippen LogP contribution is -2.22. The summed E-state index contributed by atoms with van der Waals surface area (Å²) in [6.45, 7) is 2.11. The molecule has 0 spiro atoms. The van der Waals surface area contributed by atoms with Crippen LogP contribution in [0.1, 0.15) is 54.7 Å². The largest absolute Gasteiger partial charge is 0.494 e. The standard InChI is InChI=1S/C19H21NO2/c1-2-10-5-3-4-6-15(10)20-18(21)16-11-7-8-12(14-9-13(11)14)17(16)19(20)22/h3-6,11-14,21-22H,2,7-9H2,1H3/t11-,12+,13+,14-. The molecule has 0 saturated heterocycles. The van der Waals surface area contributed by atoms with Crippen molar-refractivity contribution in [2.45, 2.75) is 44.4 Å². The van der Waals surface area contributed by atoms with E-state index < -0.39 is 0 Å². The molecule has 4 aliphatic rings. The monoisotopic (exact) mass is 295 g/mol. The van der Waals surface area contributed by atoms with Crippen molar-refractivity contribution in [2.75, 3.05) is 0 Å². The molecule has 2 aromatic rings. The number of hydrogen-bond acceptors (Lipinski definition) is 2. The van der Waals surface area contributed by atoms with Crippen LogP contribution in [0.5, 0.6) is 11.8 Å². The molecule has 22 heavy (non-hydrogen) atoms. The molecule has 4 aliphatic carbocycles. The molecule has 2 N–H and O–H groups in total. The Hall–Kier alpha value is -1.90. The third kappa shape index (κ3) is 1.37. The lowest BCUT2D eigenvalue weighted by Gasteiger charge is -2.35. The Morgan fingerprint density at radius 2 is 1.59 bits per heavy atom. The first kappa shape index (κ1) is 12.6. The van der Waals surface area contributed by atoms with Crippen molar-refractivity contribution in [1.29, 1.82) is 0 Å². The van der Waals surface area contributed by atoms with Crippen LogP contribution < -0.4 is 0 Å². The summed E-state index contributed by atoms with van der Waals surface area (Å²) in [5, 5.41) is 21.8. The van der Waals surface area contributed by atoms with E-state index in [-0.39, 0.29) is 11.8 Å². The second-order valence-corrected chi connectivity index (χ2v) is 7.15. The van der Waals surface area contributed by atoms with Crippen molar-refractivity contribution < 1.29 is 10.2 Å². The molecule has 2 bridgehead atoms. The Morgan fingerprint density at radius 1 is 1.00 bits per heavy atom. The van der Waals surface area contributed by atoms with Gasteiger partial charge < -0.3 is 10.2 Å². The van der Waals surface area contributed by atoms with E-state index in [0.717, 1.165) is 40.6 Å². The lowest BCUT2D eigenvalue weighted by atomic mass is 9.68. The maximum Gasteiger partial charge on any atom is 0.202 e. The fraction of sp³-hybridized carbons (Fsp3) is 0.474. The van der Waals surface area contributed by atoms with Gasteiger partial charge in [-0.1, -0.05) is 25.1 Å². The van der Waals surface area contributed by atoms with E-state index >= 15 is 0 Å². The lowest BCUT2D eigenvalue weighted by molar-refractivity contribution is 0.322. The minimum Gasteiger partial charge on any atom is -0.494 e. The number of aromatic hydroxyl groups is 2. The summed E-state index contributed by atoms with van der Waals surface area (Å²) in [6.07, 6.45) is 4.51. The Labute approximate surface area is 130 Å². The van der Waals surface area contributed by atoms with E-state index in [2.05, 4.69) is 13.0 Å². The van der Waals surface area contributed by atoms with Crippen molar-refractivity contribution in [3.8, 4) is 17.4 Å². The molecular formula is C19H21NO2. The third-order valence-corrected chi connectivity index (χ3v) is 6.26. The van der Waals surface area contributed by atoms with Crippen LogP contribution in [-0.2, 0) is 6.42 Å². The van der Waals surface area contributed by atoms with Gasteiger partial charge in [0.15, 0.2) is 0 Å². The predicted octanol–water partition coefficient (Wildman–Crippen LogP) is 4.06. The summed E-state index contributed by atoms with van der Waals surface area (Å²) in [7, 11) is 0. The van der Waals surface area contributed by atoms with Crippen molar-refractivity contribution in [3.05, 3.63) is 41.0 Å². The second kappa shape index (κ2) is 4.09. The smallest absolute Gasteiger partial charge is 0.202 e. The Balaban J connectivity index is 1.77. The summed E-state index contributed by atoms with van der Waals surface area (Å²) in [4.78, 5) is 0. The summed E-state index contributed by atoms with van der Waals surface area (Å²) in [6, 6.07) is 8.04. The van der Waals surface area contributed by atoms with Gasteiger partial charge in [-0.05, 0) is 61.0 Å². The number of benzene rings is 1. The van der Waals surface area contributed by atoms with Crippen molar-refractivity contribution in [1.82, 2.24) is 4.57 Å². The summed E-state index contributed by atoms with van der Waals surface area (Å²) >= 11 is 0. The first-order valence-corrected chi connectivity index (χ1v) is 8.47. The summed E-state index contributed by atoms with van der Waals surface area (Å²) < 4.78 is 1.69. The number of para-hydroxylation sites is 1. The van der Waals surface area contributed by atoms with Crippen LogP contribution in [0.2, 0.25) is 0 Å². The maximum absolute atomic E-state index is 10.9. The molecule has 0 amide bonds. The molecule has 1 aromatic carbocycles. The molecule has 0 aliphatic heterocycles. The van der Waals surface area contributed by atoms with Crippen LogP contribution in [0.15, 0.2) is 24.3 Å². The molecule has 4 atom stereocenters. The van der Waals surface area contributed by atoms with Gasteiger partial charge in [-0.2, -0.15) is 0 Å². The highest BCUT2D eigenvalue weighted by Crippen LogP contribution is 2.70. The van der Waals surface area contributed by atoms with Gasteiger partial charge >= 0.3 is 0 Å².